The predicted octanol–water partition coefficient (Wildman–Crippen LogP) is 3.23. The lowest BCUT2D eigenvalue weighted by Crippen LogP contribution is -2.27. The van der Waals surface area contributed by atoms with Crippen molar-refractivity contribution in [2.45, 2.75) is 33.2 Å². The van der Waals surface area contributed by atoms with Crippen molar-refractivity contribution >= 4 is 11.0 Å². The summed E-state index contributed by atoms with van der Waals surface area (Å²) in [6.45, 7) is 8.92. The van der Waals surface area contributed by atoms with Crippen molar-refractivity contribution in [3.63, 3.8) is 0 Å². The summed E-state index contributed by atoms with van der Waals surface area (Å²) in [5, 5.41) is 3.49. The summed E-state index contributed by atoms with van der Waals surface area (Å²) in [4.78, 5) is 4.46. The highest BCUT2D eigenvalue weighted by Gasteiger charge is 2.15. The SMILES string of the molecule is CCCNCC(C)C(C)n1cnc2ccccc21. The Morgan fingerprint density at radius 3 is 2.83 bits per heavy atom. The Morgan fingerprint density at radius 2 is 2.06 bits per heavy atom. The topological polar surface area (TPSA) is 29.9 Å². The van der Waals surface area contributed by atoms with E-state index in [4.69, 9.17) is 0 Å². The quantitative estimate of drug-likeness (QED) is 0.792. The minimum atomic E-state index is 0.460. The molecule has 0 aliphatic heterocycles. The van der Waals surface area contributed by atoms with Crippen molar-refractivity contribution in [2.24, 2.45) is 5.92 Å². The van der Waals surface area contributed by atoms with Crippen LogP contribution < -0.4 is 5.32 Å². The van der Waals surface area contributed by atoms with Crippen molar-refractivity contribution < 1.29 is 0 Å². The zero-order chi connectivity index (χ0) is 13.0. The highest BCUT2D eigenvalue weighted by atomic mass is 15.1. The fourth-order valence-electron chi connectivity index (χ4n) is 2.25. The third-order valence-electron chi connectivity index (χ3n) is 3.64. The van der Waals surface area contributed by atoms with E-state index < -0.39 is 0 Å². The molecule has 3 heteroatoms. The predicted molar refractivity (Wildman–Crippen MR) is 76.8 cm³/mol. The number of nitrogens with zero attached hydrogens (tertiary/aromatic N) is 2. The Bertz CT molecular complexity index is 489. The molecule has 0 amide bonds. The minimum absolute atomic E-state index is 0.460. The van der Waals surface area contributed by atoms with Gasteiger partial charge in [0.15, 0.2) is 0 Å². The summed E-state index contributed by atoms with van der Waals surface area (Å²) in [5.41, 5.74) is 2.31. The molecular formula is C15H23N3. The Hall–Kier alpha value is -1.35. The molecule has 2 aromatic rings. The average Bonchev–Trinajstić information content (AvgIpc) is 2.82. The standard InChI is InChI=1S/C15H23N3/c1-4-9-16-10-12(2)13(3)18-11-17-14-7-5-6-8-15(14)18/h5-8,11-13,16H,4,9-10H2,1-3H3. The first kappa shape index (κ1) is 13.1. The summed E-state index contributed by atoms with van der Waals surface area (Å²) >= 11 is 0. The maximum absolute atomic E-state index is 4.46. The zero-order valence-electron chi connectivity index (χ0n) is 11.6. The Morgan fingerprint density at radius 1 is 1.28 bits per heavy atom. The van der Waals surface area contributed by atoms with Crippen LogP contribution in [0.15, 0.2) is 30.6 Å². The second-order valence-electron chi connectivity index (χ2n) is 5.06. The third kappa shape index (κ3) is 2.72. The van der Waals surface area contributed by atoms with Crippen molar-refractivity contribution in [3.8, 4) is 0 Å². The molecule has 1 aromatic heterocycles. The Balaban J connectivity index is 2.10. The van der Waals surface area contributed by atoms with Crippen LogP contribution in [-0.4, -0.2) is 22.6 Å². The van der Waals surface area contributed by atoms with E-state index >= 15 is 0 Å². The lowest BCUT2D eigenvalue weighted by atomic mass is 10.0. The number of benzene rings is 1. The number of hydrogen-bond donors (Lipinski definition) is 1. The fraction of sp³-hybridized carbons (Fsp3) is 0.533. The minimum Gasteiger partial charge on any atom is -0.327 e. The number of hydrogen-bond acceptors (Lipinski definition) is 2. The van der Waals surface area contributed by atoms with Crippen LogP contribution in [0.4, 0.5) is 0 Å². The molecule has 0 bridgehead atoms. The molecule has 18 heavy (non-hydrogen) atoms. The molecule has 1 N–H and O–H groups in total. The van der Waals surface area contributed by atoms with Gasteiger partial charge >= 0.3 is 0 Å². The second-order valence-corrected chi connectivity index (χ2v) is 5.06. The van der Waals surface area contributed by atoms with Crippen LogP contribution in [0.1, 0.15) is 33.2 Å². The van der Waals surface area contributed by atoms with Gasteiger partial charge in [0.25, 0.3) is 0 Å². The first-order chi connectivity index (χ1) is 8.74. The van der Waals surface area contributed by atoms with Crippen LogP contribution in [0.25, 0.3) is 11.0 Å². The monoisotopic (exact) mass is 245 g/mol. The van der Waals surface area contributed by atoms with Crippen molar-refractivity contribution in [2.75, 3.05) is 13.1 Å². The smallest absolute Gasteiger partial charge is 0.0960 e. The van der Waals surface area contributed by atoms with Crippen LogP contribution >= 0.6 is 0 Å². The number of rotatable bonds is 6. The third-order valence-corrected chi connectivity index (χ3v) is 3.64. The normalized spacial score (nSPS) is 14.8. The molecule has 0 spiro atoms. The molecule has 2 rings (SSSR count). The number of para-hydroxylation sites is 2. The number of imidazole rings is 1. The molecule has 1 aromatic carbocycles. The molecule has 1 heterocycles. The first-order valence-electron chi connectivity index (χ1n) is 6.86. The molecular weight excluding hydrogens is 222 g/mol. The zero-order valence-corrected chi connectivity index (χ0v) is 11.6. The first-order valence-corrected chi connectivity index (χ1v) is 6.86. The van der Waals surface area contributed by atoms with E-state index in [9.17, 15) is 0 Å². The van der Waals surface area contributed by atoms with Crippen molar-refractivity contribution in [1.82, 2.24) is 14.9 Å². The van der Waals surface area contributed by atoms with E-state index in [2.05, 4.69) is 53.8 Å². The van der Waals surface area contributed by atoms with Gasteiger partial charge in [-0.3, -0.25) is 0 Å². The number of nitrogens with one attached hydrogen (secondary N) is 1. The number of fused-ring (bicyclic) bond motifs is 1. The van der Waals surface area contributed by atoms with E-state index in [-0.39, 0.29) is 0 Å². The Labute approximate surface area is 109 Å². The van der Waals surface area contributed by atoms with Crippen LogP contribution in [0, 0.1) is 5.92 Å². The van der Waals surface area contributed by atoms with Gasteiger partial charge in [-0.15, -0.1) is 0 Å². The largest absolute Gasteiger partial charge is 0.327 e. The van der Waals surface area contributed by atoms with Gasteiger partial charge in [0.05, 0.1) is 17.4 Å². The lowest BCUT2D eigenvalue weighted by molar-refractivity contribution is 0.368. The Kier molecular flexibility index (Phi) is 4.37. The lowest BCUT2D eigenvalue weighted by Gasteiger charge is -2.22. The molecule has 2 atom stereocenters. The second kappa shape index (κ2) is 6.01. The van der Waals surface area contributed by atoms with Crippen molar-refractivity contribution in [1.29, 1.82) is 0 Å². The van der Waals surface area contributed by atoms with E-state index in [1.54, 1.807) is 0 Å². The number of aromatic nitrogens is 2. The molecule has 98 valence electrons. The molecule has 3 nitrogen and oxygen atoms in total. The summed E-state index contributed by atoms with van der Waals surface area (Å²) in [6.07, 6.45) is 3.15. The molecule has 0 saturated carbocycles. The van der Waals surface area contributed by atoms with Gasteiger partial charge in [0, 0.05) is 6.04 Å². The van der Waals surface area contributed by atoms with Gasteiger partial charge in [0.1, 0.15) is 0 Å². The van der Waals surface area contributed by atoms with E-state index in [1.807, 2.05) is 12.4 Å². The summed E-state index contributed by atoms with van der Waals surface area (Å²) in [5.74, 6) is 0.592. The maximum Gasteiger partial charge on any atom is 0.0960 e. The summed E-state index contributed by atoms with van der Waals surface area (Å²) in [7, 11) is 0. The fourth-order valence-corrected chi connectivity index (χ4v) is 2.25. The van der Waals surface area contributed by atoms with Gasteiger partial charge in [-0.05, 0) is 44.5 Å². The molecule has 0 aliphatic rings. The van der Waals surface area contributed by atoms with E-state index in [0.717, 1.165) is 18.6 Å². The molecule has 0 saturated heterocycles. The van der Waals surface area contributed by atoms with Gasteiger partial charge < -0.3 is 9.88 Å². The molecule has 0 aliphatic carbocycles. The van der Waals surface area contributed by atoms with Gasteiger partial charge in [0.2, 0.25) is 0 Å². The van der Waals surface area contributed by atoms with E-state index in [1.165, 1.54) is 11.9 Å². The molecule has 0 radical (unpaired) electrons. The van der Waals surface area contributed by atoms with Crippen LogP contribution in [0.2, 0.25) is 0 Å². The van der Waals surface area contributed by atoms with Crippen LogP contribution in [0.5, 0.6) is 0 Å². The summed E-state index contributed by atoms with van der Waals surface area (Å²) < 4.78 is 2.29. The van der Waals surface area contributed by atoms with Gasteiger partial charge in [-0.2, -0.15) is 0 Å². The van der Waals surface area contributed by atoms with Crippen LogP contribution in [0.3, 0.4) is 0 Å². The molecule has 2 unspecified atom stereocenters. The van der Waals surface area contributed by atoms with Gasteiger partial charge in [-0.1, -0.05) is 26.0 Å². The average molecular weight is 245 g/mol. The highest BCUT2D eigenvalue weighted by molar-refractivity contribution is 5.75. The highest BCUT2D eigenvalue weighted by Crippen LogP contribution is 2.22. The summed E-state index contributed by atoms with van der Waals surface area (Å²) in [6, 6.07) is 8.79. The van der Waals surface area contributed by atoms with Gasteiger partial charge in [-0.25, -0.2) is 4.98 Å². The van der Waals surface area contributed by atoms with E-state index in [0.29, 0.717) is 12.0 Å². The van der Waals surface area contributed by atoms with Crippen molar-refractivity contribution in [3.05, 3.63) is 30.6 Å². The molecule has 0 fully saturated rings. The maximum atomic E-state index is 4.46. The van der Waals surface area contributed by atoms with Crippen LogP contribution in [-0.2, 0) is 0 Å².